The minimum atomic E-state index is -0.166. The molecule has 0 atom stereocenters. The maximum absolute atomic E-state index is 12.7. The molecule has 4 heteroatoms. The molecule has 0 N–H and O–H groups in total. The molecule has 3 aromatic rings. The molecule has 3 rings (SSSR count). The van der Waals surface area contributed by atoms with E-state index in [1.165, 1.54) is 7.11 Å². The first-order chi connectivity index (χ1) is 9.81. The Balaban J connectivity index is 2.18. The standard InChI is InChI=1S/C16H12N2O2/c1-20-14-7-4-9-18-15(14)16(19)12-8-10-17-13-6-3-2-5-11(12)13/h2-10H,1H3. The summed E-state index contributed by atoms with van der Waals surface area (Å²) in [5, 5.41) is 0.813. The van der Waals surface area contributed by atoms with Crippen LogP contribution in [-0.4, -0.2) is 22.9 Å². The van der Waals surface area contributed by atoms with E-state index in [2.05, 4.69) is 9.97 Å². The average molecular weight is 264 g/mol. The van der Waals surface area contributed by atoms with E-state index in [4.69, 9.17) is 4.74 Å². The van der Waals surface area contributed by atoms with Crippen molar-refractivity contribution in [2.24, 2.45) is 0 Å². The number of rotatable bonds is 3. The molecule has 0 aliphatic carbocycles. The summed E-state index contributed by atoms with van der Waals surface area (Å²) in [6.45, 7) is 0. The fourth-order valence-corrected chi connectivity index (χ4v) is 2.15. The van der Waals surface area contributed by atoms with E-state index in [9.17, 15) is 4.79 Å². The molecule has 0 saturated carbocycles. The van der Waals surface area contributed by atoms with Gasteiger partial charge in [-0.2, -0.15) is 0 Å². The number of hydrogen-bond donors (Lipinski definition) is 0. The van der Waals surface area contributed by atoms with E-state index in [-0.39, 0.29) is 5.78 Å². The first-order valence-corrected chi connectivity index (χ1v) is 6.18. The number of hydrogen-bond acceptors (Lipinski definition) is 4. The summed E-state index contributed by atoms with van der Waals surface area (Å²) in [5.74, 6) is 0.305. The summed E-state index contributed by atoms with van der Waals surface area (Å²) >= 11 is 0. The molecular weight excluding hydrogens is 252 g/mol. The lowest BCUT2D eigenvalue weighted by Crippen LogP contribution is -2.07. The first-order valence-electron chi connectivity index (χ1n) is 6.18. The molecule has 0 aliphatic rings. The normalized spacial score (nSPS) is 10.4. The van der Waals surface area contributed by atoms with E-state index in [0.29, 0.717) is 17.0 Å². The average Bonchev–Trinajstić information content (AvgIpc) is 2.53. The first kappa shape index (κ1) is 12.3. The lowest BCUT2D eigenvalue weighted by Gasteiger charge is -2.08. The Morgan fingerprint density at radius 1 is 1.00 bits per heavy atom. The van der Waals surface area contributed by atoms with E-state index in [0.717, 1.165) is 10.9 Å². The highest BCUT2D eigenvalue weighted by Crippen LogP contribution is 2.23. The van der Waals surface area contributed by atoms with Gasteiger partial charge in [0.1, 0.15) is 5.75 Å². The summed E-state index contributed by atoms with van der Waals surface area (Å²) in [6, 6.07) is 12.7. The third-order valence-corrected chi connectivity index (χ3v) is 3.10. The highest BCUT2D eigenvalue weighted by molar-refractivity contribution is 6.16. The van der Waals surface area contributed by atoms with Crippen LogP contribution in [0.2, 0.25) is 0 Å². The van der Waals surface area contributed by atoms with Crippen molar-refractivity contribution in [3.63, 3.8) is 0 Å². The Labute approximate surface area is 116 Å². The molecule has 20 heavy (non-hydrogen) atoms. The van der Waals surface area contributed by atoms with Gasteiger partial charge in [0.05, 0.1) is 12.6 Å². The van der Waals surface area contributed by atoms with Crippen molar-refractivity contribution in [3.05, 3.63) is 66.1 Å². The number of nitrogens with zero attached hydrogens (tertiary/aromatic N) is 2. The molecule has 0 saturated heterocycles. The van der Waals surface area contributed by atoms with Gasteiger partial charge in [0.2, 0.25) is 5.78 Å². The zero-order valence-electron chi connectivity index (χ0n) is 10.9. The van der Waals surface area contributed by atoms with Crippen LogP contribution in [-0.2, 0) is 0 Å². The van der Waals surface area contributed by atoms with Crippen LogP contribution in [0.15, 0.2) is 54.9 Å². The molecule has 2 heterocycles. The fourth-order valence-electron chi connectivity index (χ4n) is 2.15. The minimum Gasteiger partial charge on any atom is -0.494 e. The predicted molar refractivity (Wildman–Crippen MR) is 76.0 cm³/mol. The van der Waals surface area contributed by atoms with Gasteiger partial charge in [-0.15, -0.1) is 0 Å². The lowest BCUT2D eigenvalue weighted by atomic mass is 10.0. The van der Waals surface area contributed by atoms with Crippen molar-refractivity contribution in [3.8, 4) is 5.75 Å². The van der Waals surface area contributed by atoms with Crippen LogP contribution < -0.4 is 4.74 Å². The van der Waals surface area contributed by atoms with Gasteiger partial charge < -0.3 is 4.74 Å². The molecule has 0 bridgehead atoms. The number of methoxy groups -OCH3 is 1. The SMILES string of the molecule is COc1cccnc1C(=O)c1ccnc2ccccc12. The van der Waals surface area contributed by atoms with Crippen molar-refractivity contribution < 1.29 is 9.53 Å². The number of carbonyl (C=O) groups is 1. The van der Waals surface area contributed by atoms with E-state index < -0.39 is 0 Å². The van der Waals surface area contributed by atoms with Crippen molar-refractivity contribution in [2.45, 2.75) is 0 Å². The fraction of sp³-hybridized carbons (Fsp3) is 0.0625. The van der Waals surface area contributed by atoms with Crippen LogP contribution in [0.4, 0.5) is 0 Å². The van der Waals surface area contributed by atoms with Gasteiger partial charge >= 0.3 is 0 Å². The molecule has 0 spiro atoms. The second-order valence-electron chi connectivity index (χ2n) is 4.26. The number of aromatic nitrogens is 2. The molecule has 0 unspecified atom stereocenters. The molecule has 0 radical (unpaired) electrons. The van der Waals surface area contributed by atoms with Crippen LogP contribution in [0.3, 0.4) is 0 Å². The number of ketones is 1. The third-order valence-electron chi connectivity index (χ3n) is 3.10. The Bertz CT molecular complexity index is 779. The summed E-state index contributed by atoms with van der Waals surface area (Å²) in [7, 11) is 1.53. The monoisotopic (exact) mass is 264 g/mol. The molecule has 4 nitrogen and oxygen atoms in total. The van der Waals surface area contributed by atoms with Gasteiger partial charge in [-0.1, -0.05) is 18.2 Å². The van der Waals surface area contributed by atoms with Gasteiger partial charge in [-0.25, -0.2) is 4.98 Å². The summed E-state index contributed by atoms with van der Waals surface area (Å²) < 4.78 is 5.20. The zero-order chi connectivity index (χ0) is 13.9. The molecular formula is C16H12N2O2. The topological polar surface area (TPSA) is 52.1 Å². The number of benzene rings is 1. The van der Waals surface area contributed by atoms with Gasteiger partial charge in [0, 0.05) is 23.3 Å². The summed E-state index contributed by atoms with van der Waals surface area (Å²) in [6.07, 6.45) is 3.21. The number of pyridine rings is 2. The third kappa shape index (κ3) is 2.01. The second kappa shape index (κ2) is 5.09. The van der Waals surface area contributed by atoms with Crippen LogP contribution >= 0.6 is 0 Å². The zero-order valence-corrected chi connectivity index (χ0v) is 10.9. The maximum Gasteiger partial charge on any atom is 0.215 e. The second-order valence-corrected chi connectivity index (χ2v) is 4.26. The summed E-state index contributed by atoms with van der Waals surface area (Å²) in [5.41, 5.74) is 1.67. The number of fused-ring (bicyclic) bond motifs is 1. The molecule has 0 fully saturated rings. The molecule has 98 valence electrons. The highest BCUT2D eigenvalue weighted by atomic mass is 16.5. The van der Waals surface area contributed by atoms with E-state index >= 15 is 0 Å². The van der Waals surface area contributed by atoms with Crippen LogP contribution in [0, 0.1) is 0 Å². The number of carbonyl (C=O) groups excluding carboxylic acids is 1. The highest BCUT2D eigenvalue weighted by Gasteiger charge is 2.17. The van der Waals surface area contributed by atoms with Crippen LogP contribution in [0.25, 0.3) is 10.9 Å². The summed E-state index contributed by atoms with van der Waals surface area (Å²) in [4.78, 5) is 21.1. The molecule has 2 aromatic heterocycles. The van der Waals surface area contributed by atoms with Gasteiger partial charge in [-0.3, -0.25) is 9.78 Å². The van der Waals surface area contributed by atoms with Crippen molar-refractivity contribution in [2.75, 3.05) is 7.11 Å². The Morgan fingerprint density at radius 3 is 2.70 bits per heavy atom. The minimum absolute atomic E-state index is 0.166. The number of para-hydroxylation sites is 1. The molecule has 0 amide bonds. The van der Waals surface area contributed by atoms with Crippen LogP contribution in [0.5, 0.6) is 5.75 Å². The predicted octanol–water partition coefficient (Wildman–Crippen LogP) is 2.87. The Morgan fingerprint density at radius 2 is 1.85 bits per heavy atom. The van der Waals surface area contributed by atoms with Gasteiger partial charge in [0.25, 0.3) is 0 Å². The largest absolute Gasteiger partial charge is 0.494 e. The smallest absolute Gasteiger partial charge is 0.215 e. The Kier molecular flexibility index (Phi) is 3.13. The Hall–Kier alpha value is -2.75. The maximum atomic E-state index is 12.7. The van der Waals surface area contributed by atoms with Gasteiger partial charge in [0.15, 0.2) is 5.69 Å². The van der Waals surface area contributed by atoms with Gasteiger partial charge in [-0.05, 0) is 24.3 Å². The van der Waals surface area contributed by atoms with Crippen LogP contribution in [0.1, 0.15) is 16.1 Å². The van der Waals surface area contributed by atoms with E-state index in [1.807, 2.05) is 24.3 Å². The quantitative estimate of drug-likeness (QED) is 0.682. The number of ether oxygens (including phenoxy) is 1. The lowest BCUT2D eigenvalue weighted by molar-refractivity contribution is 0.103. The van der Waals surface area contributed by atoms with E-state index in [1.54, 1.807) is 30.6 Å². The van der Waals surface area contributed by atoms with Crippen molar-refractivity contribution in [1.29, 1.82) is 0 Å². The van der Waals surface area contributed by atoms with Crippen molar-refractivity contribution >= 4 is 16.7 Å². The molecule has 1 aromatic carbocycles. The molecule has 0 aliphatic heterocycles. The van der Waals surface area contributed by atoms with Crippen molar-refractivity contribution in [1.82, 2.24) is 9.97 Å².